The number of amides is 2. The second-order valence-corrected chi connectivity index (χ2v) is 16.2. The first-order valence-electron chi connectivity index (χ1n) is 20.0. The van der Waals surface area contributed by atoms with Gasteiger partial charge in [-0.1, -0.05) is 55.1 Å². The Hall–Kier alpha value is -5.08. The van der Waals surface area contributed by atoms with Crippen molar-refractivity contribution in [2.75, 3.05) is 42.5 Å². The van der Waals surface area contributed by atoms with Crippen LogP contribution < -0.4 is 20.4 Å². The third kappa shape index (κ3) is 6.77. The molecule has 0 radical (unpaired) electrons. The van der Waals surface area contributed by atoms with Crippen LogP contribution in [0.3, 0.4) is 0 Å². The number of hydrogen-bond donors (Lipinski definition) is 3. The van der Waals surface area contributed by atoms with Crippen LogP contribution in [-0.2, 0) is 17.8 Å². The van der Waals surface area contributed by atoms with Crippen LogP contribution in [0.15, 0.2) is 103 Å². The largest absolute Gasteiger partial charge is 0.508 e. The molecule has 2 amide bonds. The van der Waals surface area contributed by atoms with E-state index in [1.807, 2.05) is 18.2 Å². The van der Waals surface area contributed by atoms with Crippen molar-refractivity contribution in [3.8, 4) is 5.75 Å². The molecule has 4 aliphatic heterocycles. The lowest BCUT2D eigenvalue weighted by Gasteiger charge is -2.36. The van der Waals surface area contributed by atoms with Crippen molar-refractivity contribution in [2.45, 2.75) is 75.4 Å². The Morgan fingerprint density at radius 2 is 1.54 bits per heavy atom. The SMILES string of the molecule is C=C1CCC(N2Cc3cc(N4CC[C@@H](NCC5CCN(c6ccc([C@@H]7c8ccc(O)cc8CC[C@@H]7c7ccccc7)cc6)CC5)C4)ccc3C2=O)C(=O)N1. The number of carbonyl (C=O) groups is 2. The number of phenolic OH excluding ortho intramolecular Hbond substituents is 1. The number of benzene rings is 4. The maximum absolute atomic E-state index is 13.2. The van der Waals surface area contributed by atoms with Gasteiger partial charge in [0.15, 0.2) is 0 Å². The molecular weight excluding hydrogens is 671 g/mol. The number of piperidine rings is 2. The van der Waals surface area contributed by atoms with Gasteiger partial charge in [0.05, 0.1) is 0 Å². The van der Waals surface area contributed by atoms with Gasteiger partial charge in [-0.25, -0.2) is 0 Å². The minimum atomic E-state index is -0.428. The number of phenols is 1. The van der Waals surface area contributed by atoms with Crippen LogP contribution >= 0.6 is 0 Å². The smallest absolute Gasteiger partial charge is 0.255 e. The number of hydrogen-bond acceptors (Lipinski definition) is 6. The molecule has 1 unspecified atom stereocenters. The van der Waals surface area contributed by atoms with E-state index in [4.69, 9.17) is 0 Å². The van der Waals surface area contributed by atoms with Crippen molar-refractivity contribution in [3.05, 3.63) is 137 Å². The van der Waals surface area contributed by atoms with Crippen molar-refractivity contribution in [1.29, 1.82) is 0 Å². The molecule has 4 aromatic rings. The van der Waals surface area contributed by atoms with Gasteiger partial charge in [-0.3, -0.25) is 9.59 Å². The van der Waals surface area contributed by atoms with E-state index in [9.17, 15) is 14.7 Å². The molecule has 3 N–H and O–H groups in total. The van der Waals surface area contributed by atoms with E-state index in [0.717, 1.165) is 74.5 Å². The summed E-state index contributed by atoms with van der Waals surface area (Å²) in [5.41, 5.74) is 10.3. The highest BCUT2D eigenvalue weighted by Crippen LogP contribution is 2.47. The normalized spacial score (nSPS) is 24.4. The quantitative estimate of drug-likeness (QED) is 0.180. The van der Waals surface area contributed by atoms with E-state index in [1.165, 1.54) is 40.8 Å². The summed E-state index contributed by atoms with van der Waals surface area (Å²) in [4.78, 5) is 32.5. The van der Waals surface area contributed by atoms with Crippen molar-refractivity contribution in [3.63, 3.8) is 0 Å². The maximum Gasteiger partial charge on any atom is 0.255 e. The lowest BCUT2D eigenvalue weighted by molar-refractivity contribution is -0.126. The Labute approximate surface area is 318 Å². The molecule has 8 nitrogen and oxygen atoms in total. The summed E-state index contributed by atoms with van der Waals surface area (Å²) in [6.45, 7) is 9.52. The minimum absolute atomic E-state index is 0.0432. The van der Waals surface area contributed by atoms with Gasteiger partial charge >= 0.3 is 0 Å². The summed E-state index contributed by atoms with van der Waals surface area (Å²) in [7, 11) is 0. The third-order valence-electron chi connectivity index (χ3n) is 12.9. The van der Waals surface area contributed by atoms with E-state index in [-0.39, 0.29) is 17.7 Å². The molecule has 0 aromatic heterocycles. The number of allylic oxidation sites excluding steroid dienone is 1. The van der Waals surface area contributed by atoms with Crippen molar-refractivity contribution >= 4 is 23.2 Å². The fourth-order valence-electron chi connectivity index (χ4n) is 9.90. The maximum atomic E-state index is 13.2. The molecule has 278 valence electrons. The second kappa shape index (κ2) is 14.6. The summed E-state index contributed by atoms with van der Waals surface area (Å²) in [6.07, 6.45) is 6.87. The highest BCUT2D eigenvalue weighted by molar-refractivity contribution is 6.01. The Balaban J connectivity index is 0.776. The summed E-state index contributed by atoms with van der Waals surface area (Å²) >= 11 is 0. The Kier molecular flexibility index (Phi) is 9.39. The van der Waals surface area contributed by atoms with Crippen LogP contribution in [0.5, 0.6) is 5.75 Å². The number of nitrogens with one attached hydrogen (secondary N) is 2. The predicted molar refractivity (Wildman–Crippen MR) is 214 cm³/mol. The van der Waals surface area contributed by atoms with Crippen molar-refractivity contribution in [1.82, 2.24) is 15.5 Å². The molecule has 1 aliphatic carbocycles. The molecule has 5 aliphatic rings. The van der Waals surface area contributed by atoms with Crippen LogP contribution in [0, 0.1) is 5.92 Å². The van der Waals surface area contributed by atoms with Crippen LogP contribution in [0.4, 0.5) is 11.4 Å². The zero-order chi connectivity index (χ0) is 36.8. The molecule has 4 heterocycles. The van der Waals surface area contributed by atoms with E-state index in [1.54, 1.807) is 4.90 Å². The highest BCUT2D eigenvalue weighted by Gasteiger charge is 2.39. The molecule has 4 aromatic carbocycles. The average molecular weight is 722 g/mol. The Morgan fingerprint density at radius 1 is 0.759 bits per heavy atom. The molecule has 0 bridgehead atoms. The number of aromatic hydroxyl groups is 1. The first kappa shape index (κ1) is 34.7. The van der Waals surface area contributed by atoms with Gasteiger partial charge in [-0.15, -0.1) is 0 Å². The molecule has 0 spiro atoms. The van der Waals surface area contributed by atoms with E-state index in [2.05, 4.69) is 99.8 Å². The van der Waals surface area contributed by atoms with Gasteiger partial charge in [0.1, 0.15) is 11.8 Å². The molecule has 4 atom stereocenters. The molecule has 9 rings (SSSR count). The van der Waals surface area contributed by atoms with Gasteiger partial charge in [0.25, 0.3) is 5.91 Å². The standard InChI is InChI=1S/C46H51N5O3/c1-30-7-18-43(45(53)48-30)51-28-35-25-38(13-16-42(35)46(51)54)50-24-21-36(29-50)47-27-31-19-22-49(23-20-31)37-11-8-33(9-12-37)44-40(32-5-3-2-4-6-32)15-10-34-26-39(52)14-17-41(34)44/h2-6,8-9,11-14,16-17,25-26,31,36,40,43-44,47,52H,1,7,10,15,18-24,27-29H2,(H,48,53)/t36-,40-,43?,44+/m1/s1. The van der Waals surface area contributed by atoms with Crippen LogP contribution in [0.1, 0.15) is 88.5 Å². The minimum Gasteiger partial charge on any atom is -0.508 e. The molecule has 0 saturated carbocycles. The summed E-state index contributed by atoms with van der Waals surface area (Å²) in [5, 5.41) is 17.0. The molecule has 3 fully saturated rings. The number of nitrogens with zero attached hydrogens (tertiary/aromatic N) is 3. The Morgan fingerprint density at radius 3 is 2.33 bits per heavy atom. The zero-order valence-corrected chi connectivity index (χ0v) is 31.1. The monoisotopic (exact) mass is 721 g/mol. The number of carbonyl (C=O) groups excluding carboxylic acids is 2. The van der Waals surface area contributed by atoms with Gasteiger partial charge in [-0.05, 0) is 134 Å². The van der Waals surface area contributed by atoms with E-state index >= 15 is 0 Å². The third-order valence-corrected chi connectivity index (χ3v) is 12.9. The number of rotatable bonds is 8. The number of anilines is 2. The van der Waals surface area contributed by atoms with Gasteiger partial charge in [-0.2, -0.15) is 0 Å². The topological polar surface area (TPSA) is 88.2 Å². The number of aryl methyl sites for hydroxylation is 1. The summed E-state index contributed by atoms with van der Waals surface area (Å²) in [5.74, 6) is 1.54. The second-order valence-electron chi connectivity index (χ2n) is 16.2. The van der Waals surface area contributed by atoms with Crippen LogP contribution in [0.25, 0.3) is 0 Å². The van der Waals surface area contributed by atoms with Crippen molar-refractivity contribution < 1.29 is 14.7 Å². The van der Waals surface area contributed by atoms with Gasteiger partial charge in [0, 0.05) is 67.3 Å². The van der Waals surface area contributed by atoms with E-state index in [0.29, 0.717) is 43.0 Å². The Bertz CT molecular complexity index is 2040. The van der Waals surface area contributed by atoms with Gasteiger partial charge in [0.2, 0.25) is 5.91 Å². The fourth-order valence-corrected chi connectivity index (χ4v) is 9.90. The predicted octanol–water partition coefficient (Wildman–Crippen LogP) is 7.09. The first-order chi connectivity index (χ1) is 26.4. The van der Waals surface area contributed by atoms with Crippen LogP contribution in [-0.4, -0.2) is 66.6 Å². The first-order valence-corrected chi connectivity index (χ1v) is 20.0. The van der Waals surface area contributed by atoms with E-state index < -0.39 is 6.04 Å². The average Bonchev–Trinajstić information content (AvgIpc) is 3.81. The summed E-state index contributed by atoms with van der Waals surface area (Å²) in [6, 6.07) is 32.5. The molecule has 3 saturated heterocycles. The highest BCUT2D eigenvalue weighted by atomic mass is 16.3. The molecule has 8 heteroatoms. The summed E-state index contributed by atoms with van der Waals surface area (Å²) < 4.78 is 0. The van der Waals surface area contributed by atoms with Gasteiger partial charge < -0.3 is 30.4 Å². The van der Waals surface area contributed by atoms with Crippen LogP contribution in [0.2, 0.25) is 0 Å². The van der Waals surface area contributed by atoms with Crippen molar-refractivity contribution in [2.24, 2.45) is 5.92 Å². The number of fused-ring (bicyclic) bond motifs is 2. The molecule has 54 heavy (non-hydrogen) atoms. The lowest BCUT2D eigenvalue weighted by atomic mass is 9.69. The fraction of sp³-hybridized carbons (Fsp3) is 0.391. The molecular formula is C46H51N5O3. The zero-order valence-electron chi connectivity index (χ0n) is 31.1. The lowest BCUT2D eigenvalue weighted by Crippen LogP contribution is -2.49.